The van der Waals surface area contributed by atoms with Crippen molar-refractivity contribution in [3.8, 4) is 29.4 Å². The summed E-state index contributed by atoms with van der Waals surface area (Å²) >= 11 is 0. The Morgan fingerprint density at radius 3 is 2.85 bits per heavy atom. The summed E-state index contributed by atoms with van der Waals surface area (Å²) in [5.74, 6) is 11.2. The molecule has 1 aromatic rings. The van der Waals surface area contributed by atoms with E-state index in [1.807, 2.05) is 6.07 Å². The first-order chi connectivity index (χ1) is 6.33. The first kappa shape index (κ1) is 9.23. The summed E-state index contributed by atoms with van der Waals surface area (Å²) in [5.41, 5.74) is 1.01. The molecule has 0 aliphatic carbocycles. The fourth-order valence-corrected chi connectivity index (χ4v) is 0.919. The molecule has 64 valence electrons. The zero-order valence-electron chi connectivity index (χ0n) is 7.46. The molecular weight excluding hydrogens is 160 g/mol. The summed E-state index contributed by atoms with van der Waals surface area (Å²) in [7, 11) is 0. The molecular formula is C12H10O. The Bertz CT molecular complexity index is 396. The van der Waals surface area contributed by atoms with Crippen LogP contribution in [0.15, 0.2) is 24.3 Å². The number of aromatic hydroxyl groups is 1. The van der Waals surface area contributed by atoms with Gasteiger partial charge in [-0.15, -0.1) is 0 Å². The number of benzene rings is 1. The van der Waals surface area contributed by atoms with Gasteiger partial charge in [-0.3, -0.25) is 0 Å². The predicted molar refractivity (Wildman–Crippen MR) is 53.0 cm³/mol. The van der Waals surface area contributed by atoms with E-state index in [0.717, 1.165) is 5.56 Å². The van der Waals surface area contributed by atoms with Gasteiger partial charge in [-0.2, -0.15) is 0 Å². The Morgan fingerprint density at radius 2 is 2.15 bits per heavy atom. The van der Waals surface area contributed by atoms with Gasteiger partial charge in [-0.1, -0.05) is 24.0 Å². The minimum atomic E-state index is 0.279. The van der Waals surface area contributed by atoms with Gasteiger partial charge in [0.2, 0.25) is 0 Å². The first-order valence-electron chi connectivity index (χ1n) is 4.00. The van der Waals surface area contributed by atoms with Crippen LogP contribution in [0.4, 0.5) is 0 Å². The number of hydrogen-bond acceptors (Lipinski definition) is 1. The van der Waals surface area contributed by atoms with Crippen molar-refractivity contribution in [1.82, 2.24) is 0 Å². The van der Waals surface area contributed by atoms with Gasteiger partial charge in [0.05, 0.1) is 0 Å². The third kappa shape index (κ3) is 3.36. The summed E-state index contributed by atoms with van der Waals surface area (Å²) in [5, 5.41) is 9.14. The summed E-state index contributed by atoms with van der Waals surface area (Å²) < 4.78 is 0. The molecule has 0 radical (unpaired) electrons. The van der Waals surface area contributed by atoms with Gasteiger partial charge in [0.15, 0.2) is 0 Å². The predicted octanol–water partition coefficient (Wildman–Crippen LogP) is 1.96. The summed E-state index contributed by atoms with van der Waals surface area (Å²) in [6, 6.07) is 7.07. The van der Waals surface area contributed by atoms with Crippen LogP contribution in [0, 0.1) is 23.7 Å². The lowest BCUT2D eigenvalue weighted by molar-refractivity contribution is 0.475. The molecule has 1 aromatic carbocycles. The lowest BCUT2D eigenvalue weighted by Gasteiger charge is -1.94. The van der Waals surface area contributed by atoms with E-state index in [-0.39, 0.29) is 5.75 Å². The standard InChI is InChI=1S/C12H10O/c1-2-3-4-5-7-11-8-6-9-12(13)10-11/h6,8-10,13H,7H2,1H3. The van der Waals surface area contributed by atoms with Crippen molar-refractivity contribution >= 4 is 0 Å². The molecule has 0 aliphatic heterocycles. The molecule has 0 saturated heterocycles. The van der Waals surface area contributed by atoms with E-state index < -0.39 is 0 Å². The SMILES string of the molecule is CC#CC#CCc1cccc(O)c1. The fourth-order valence-electron chi connectivity index (χ4n) is 0.919. The smallest absolute Gasteiger partial charge is 0.115 e. The molecule has 0 atom stereocenters. The zero-order valence-corrected chi connectivity index (χ0v) is 7.46. The Hall–Kier alpha value is -1.86. The van der Waals surface area contributed by atoms with Crippen molar-refractivity contribution in [3.63, 3.8) is 0 Å². The highest BCUT2D eigenvalue weighted by Gasteiger charge is 1.90. The minimum Gasteiger partial charge on any atom is -0.508 e. The van der Waals surface area contributed by atoms with Crippen molar-refractivity contribution in [2.24, 2.45) is 0 Å². The van der Waals surface area contributed by atoms with Crippen molar-refractivity contribution < 1.29 is 5.11 Å². The zero-order chi connectivity index (χ0) is 9.52. The van der Waals surface area contributed by atoms with Gasteiger partial charge < -0.3 is 5.11 Å². The summed E-state index contributed by atoms with van der Waals surface area (Å²) in [4.78, 5) is 0. The van der Waals surface area contributed by atoms with Crippen LogP contribution in [0.1, 0.15) is 12.5 Å². The highest BCUT2D eigenvalue weighted by molar-refractivity contribution is 5.32. The molecule has 0 bridgehead atoms. The van der Waals surface area contributed by atoms with Gasteiger partial charge in [0.25, 0.3) is 0 Å². The first-order valence-corrected chi connectivity index (χ1v) is 4.00. The monoisotopic (exact) mass is 170 g/mol. The number of rotatable bonds is 1. The molecule has 0 aromatic heterocycles. The number of phenolic OH excluding ortho intramolecular Hbond substituents is 1. The molecule has 0 aliphatic rings. The maximum atomic E-state index is 9.14. The van der Waals surface area contributed by atoms with E-state index in [2.05, 4.69) is 23.7 Å². The van der Waals surface area contributed by atoms with Crippen molar-refractivity contribution in [3.05, 3.63) is 29.8 Å². The summed E-state index contributed by atoms with van der Waals surface area (Å²) in [6.07, 6.45) is 0.628. The molecule has 1 rings (SSSR count). The molecule has 0 heterocycles. The van der Waals surface area contributed by atoms with Gasteiger partial charge in [0, 0.05) is 6.42 Å². The molecule has 1 N–H and O–H groups in total. The van der Waals surface area contributed by atoms with Gasteiger partial charge in [0.1, 0.15) is 5.75 Å². The highest BCUT2D eigenvalue weighted by atomic mass is 16.3. The maximum Gasteiger partial charge on any atom is 0.115 e. The second-order valence-electron chi connectivity index (χ2n) is 2.52. The van der Waals surface area contributed by atoms with Gasteiger partial charge in [-0.05, 0) is 36.5 Å². The Labute approximate surface area is 78.4 Å². The molecule has 0 saturated carbocycles. The topological polar surface area (TPSA) is 20.2 Å². The van der Waals surface area contributed by atoms with E-state index in [0.29, 0.717) is 6.42 Å². The maximum absolute atomic E-state index is 9.14. The van der Waals surface area contributed by atoms with E-state index in [9.17, 15) is 0 Å². The Kier molecular flexibility index (Phi) is 3.48. The molecule has 1 heteroatoms. The van der Waals surface area contributed by atoms with Gasteiger partial charge >= 0.3 is 0 Å². The minimum absolute atomic E-state index is 0.279. The van der Waals surface area contributed by atoms with Crippen LogP contribution >= 0.6 is 0 Å². The lowest BCUT2D eigenvalue weighted by atomic mass is 10.1. The van der Waals surface area contributed by atoms with Gasteiger partial charge in [-0.25, -0.2) is 0 Å². The average molecular weight is 170 g/mol. The van der Waals surface area contributed by atoms with Crippen LogP contribution in [0.5, 0.6) is 5.75 Å². The third-order valence-electron chi connectivity index (χ3n) is 1.48. The highest BCUT2D eigenvalue weighted by Crippen LogP contribution is 2.10. The molecule has 0 spiro atoms. The lowest BCUT2D eigenvalue weighted by Crippen LogP contribution is -1.79. The average Bonchev–Trinajstić information content (AvgIpc) is 2.13. The number of phenols is 1. The molecule has 13 heavy (non-hydrogen) atoms. The van der Waals surface area contributed by atoms with E-state index in [1.165, 1.54) is 0 Å². The Balaban J connectivity index is 2.64. The fraction of sp³-hybridized carbons (Fsp3) is 0.167. The second kappa shape index (κ2) is 4.91. The van der Waals surface area contributed by atoms with Crippen LogP contribution < -0.4 is 0 Å². The normalized spacial score (nSPS) is 7.77. The van der Waals surface area contributed by atoms with Crippen LogP contribution in [0.3, 0.4) is 0 Å². The third-order valence-corrected chi connectivity index (χ3v) is 1.48. The van der Waals surface area contributed by atoms with Crippen LogP contribution in [0.2, 0.25) is 0 Å². The number of hydrogen-bond donors (Lipinski definition) is 1. The molecule has 1 nitrogen and oxygen atoms in total. The van der Waals surface area contributed by atoms with E-state index >= 15 is 0 Å². The van der Waals surface area contributed by atoms with Crippen LogP contribution in [-0.2, 0) is 6.42 Å². The molecule has 0 unspecified atom stereocenters. The van der Waals surface area contributed by atoms with Crippen LogP contribution in [-0.4, -0.2) is 5.11 Å². The Morgan fingerprint density at radius 1 is 1.31 bits per heavy atom. The summed E-state index contributed by atoms with van der Waals surface area (Å²) in [6.45, 7) is 1.75. The van der Waals surface area contributed by atoms with Crippen molar-refractivity contribution in [2.75, 3.05) is 0 Å². The largest absolute Gasteiger partial charge is 0.508 e. The van der Waals surface area contributed by atoms with Crippen molar-refractivity contribution in [1.29, 1.82) is 0 Å². The van der Waals surface area contributed by atoms with Crippen LogP contribution in [0.25, 0.3) is 0 Å². The second-order valence-corrected chi connectivity index (χ2v) is 2.52. The molecule has 0 fully saturated rings. The quantitative estimate of drug-likeness (QED) is 0.639. The van der Waals surface area contributed by atoms with Crippen molar-refractivity contribution in [2.45, 2.75) is 13.3 Å². The van der Waals surface area contributed by atoms with E-state index in [1.54, 1.807) is 25.1 Å². The molecule has 0 amide bonds. The van der Waals surface area contributed by atoms with E-state index in [4.69, 9.17) is 5.11 Å².